The quantitative estimate of drug-likeness (QED) is 0.511. The van der Waals surface area contributed by atoms with Gasteiger partial charge in [-0.1, -0.05) is 5.16 Å². The number of hydrogen-bond donors (Lipinski definition) is 0. The smallest absolute Gasteiger partial charge is 0.363 e. The van der Waals surface area contributed by atoms with Crippen molar-refractivity contribution in [2.75, 3.05) is 7.11 Å². The predicted octanol–water partition coefficient (Wildman–Crippen LogP) is 3.74. The van der Waals surface area contributed by atoms with E-state index >= 15 is 0 Å². The summed E-state index contributed by atoms with van der Waals surface area (Å²) in [4.78, 5) is 16.7. The topological polar surface area (TPSA) is 78.9 Å². The molecule has 2 aromatic heterocycles. The Kier molecular flexibility index (Phi) is 4.35. The van der Waals surface area contributed by atoms with Crippen LogP contribution in [0.25, 0.3) is 11.9 Å². The van der Waals surface area contributed by atoms with E-state index < -0.39 is 5.97 Å². The van der Waals surface area contributed by atoms with Gasteiger partial charge in [0.25, 0.3) is 0 Å². The standard InChI is InChI=1S/C21H19N3O4/c1-12-9-16(14(3)24(12)19-10-13(2)28-23-19)11-18-21(25)27-20(22-18)15-5-7-17(26-4)8-6-15/h5-11H,1-4H3. The van der Waals surface area contributed by atoms with Gasteiger partial charge in [-0.15, -0.1) is 0 Å². The Bertz CT molecular complexity index is 1120. The lowest BCUT2D eigenvalue weighted by Gasteiger charge is -2.03. The number of cyclic esters (lactones) is 1. The summed E-state index contributed by atoms with van der Waals surface area (Å²) in [6.45, 7) is 5.77. The Morgan fingerprint density at radius 3 is 2.50 bits per heavy atom. The number of ether oxygens (including phenoxy) is 2. The Hall–Kier alpha value is -3.61. The average molecular weight is 377 g/mol. The largest absolute Gasteiger partial charge is 0.497 e. The highest BCUT2D eigenvalue weighted by Gasteiger charge is 2.25. The summed E-state index contributed by atoms with van der Waals surface area (Å²) in [7, 11) is 1.60. The number of benzene rings is 1. The van der Waals surface area contributed by atoms with E-state index in [-0.39, 0.29) is 11.6 Å². The fourth-order valence-corrected chi connectivity index (χ4v) is 3.16. The van der Waals surface area contributed by atoms with Crippen LogP contribution >= 0.6 is 0 Å². The number of methoxy groups -OCH3 is 1. The van der Waals surface area contributed by atoms with Crippen LogP contribution in [-0.2, 0) is 9.53 Å². The second-order valence-corrected chi connectivity index (χ2v) is 6.52. The molecular weight excluding hydrogens is 358 g/mol. The molecule has 1 aliphatic heterocycles. The second kappa shape index (κ2) is 6.84. The van der Waals surface area contributed by atoms with E-state index in [0.29, 0.717) is 11.4 Å². The van der Waals surface area contributed by atoms with E-state index in [0.717, 1.165) is 28.5 Å². The number of aromatic nitrogens is 2. The molecule has 28 heavy (non-hydrogen) atoms. The molecule has 3 heterocycles. The number of aryl methyl sites for hydroxylation is 2. The van der Waals surface area contributed by atoms with Crippen LogP contribution in [0.1, 0.15) is 28.3 Å². The molecule has 3 aromatic rings. The van der Waals surface area contributed by atoms with Gasteiger partial charge in [0.15, 0.2) is 11.5 Å². The molecule has 0 N–H and O–H groups in total. The van der Waals surface area contributed by atoms with Crippen molar-refractivity contribution in [1.29, 1.82) is 0 Å². The van der Waals surface area contributed by atoms with E-state index in [2.05, 4.69) is 10.1 Å². The van der Waals surface area contributed by atoms with Gasteiger partial charge in [0.05, 0.1) is 7.11 Å². The van der Waals surface area contributed by atoms with E-state index in [4.69, 9.17) is 14.0 Å². The number of hydrogen-bond acceptors (Lipinski definition) is 6. The van der Waals surface area contributed by atoms with Gasteiger partial charge in [0.2, 0.25) is 5.90 Å². The molecule has 4 rings (SSSR count). The van der Waals surface area contributed by atoms with Crippen molar-refractivity contribution in [3.63, 3.8) is 0 Å². The molecule has 7 nitrogen and oxygen atoms in total. The Morgan fingerprint density at radius 1 is 1.11 bits per heavy atom. The third-order valence-electron chi connectivity index (χ3n) is 4.56. The van der Waals surface area contributed by atoms with Gasteiger partial charge in [0.1, 0.15) is 11.5 Å². The average Bonchev–Trinajstić information content (AvgIpc) is 3.34. The zero-order valence-corrected chi connectivity index (χ0v) is 16.0. The lowest BCUT2D eigenvalue weighted by molar-refractivity contribution is -0.129. The summed E-state index contributed by atoms with van der Waals surface area (Å²) in [5.41, 5.74) is 3.73. The van der Waals surface area contributed by atoms with Crippen LogP contribution in [0.4, 0.5) is 0 Å². The van der Waals surface area contributed by atoms with Crippen molar-refractivity contribution in [1.82, 2.24) is 9.72 Å². The normalized spacial score (nSPS) is 15.1. The Balaban J connectivity index is 1.69. The van der Waals surface area contributed by atoms with Crippen LogP contribution in [0.15, 0.2) is 51.6 Å². The molecule has 0 spiro atoms. The molecule has 0 aliphatic carbocycles. The van der Waals surface area contributed by atoms with Gasteiger partial charge in [-0.05, 0) is 62.7 Å². The SMILES string of the molecule is COc1ccc(C2=NC(=Cc3cc(C)n(-c4cc(C)on4)c3C)C(=O)O2)cc1. The van der Waals surface area contributed by atoms with Gasteiger partial charge in [0, 0.05) is 23.0 Å². The lowest BCUT2D eigenvalue weighted by Crippen LogP contribution is -2.05. The number of carbonyl (C=O) groups is 1. The minimum Gasteiger partial charge on any atom is -0.497 e. The molecule has 0 atom stereocenters. The third-order valence-corrected chi connectivity index (χ3v) is 4.56. The summed E-state index contributed by atoms with van der Waals surface area (Å²) in [6.07, 6.45) is 1.73. The molecule has 1 aromatic carbocycles. The first-order chi connectivity index (χ1) is 13.5. The van der Waals surface area contributed by atoms with Gasteiger partial charge in [-0.3, -0.25) is 4.57 Å². The maximum Gasteiger partial charge on any atom is 0.363 e. The number of esters is 1. The van der Waals surface area contributed by atoms with Crippen molar-refractivity contribution in [2.24, 2.45) is 4.99 Å². The van der Waals surface area contributed by atoms with Gasteiger partial charge < -0.3 is 14.0 Å². The molecule has 7 heteroatoms. The van der Waals surface area contributed by atoms with E-state index in [1.165, 1.54) is 0 Å². The minimum absolute atomic E-state index is 0.252. The maximum atomic E-state index is 12.3. The molecule has 142 valence electrons. The fraction of sp³-hybridized carbons (Fsp3) is 0.190. The Morgan fingerprint density at radius 2 is 1.86 bits per heavy atom. The van der Waals surface area contributed by atoms with Crippen LogP contribution in [0.3, 0.4) is 0 Å². The molecule has 0 bridgehead atoms. The summed E-state index contributed by atoms with van der Waals surface area (Å²) in [5, 5.41) is 4.07. The van der Waals surface area contributed by atoms with Crippen molar-refractivity contribution >= 4 is 17.9 Å². The highest BCUT2D eigenvalue weighted by Crippen LogP contribution is 2.25. The molecule has 0 saturated carbocycles. The maximum absolute atomic E-state index is 12.3. The third kappa shape index (κ3) is 3.11. The van der Waals surface area contributed by atoms with Crippen LogP contribution in [0, 0.1) is 20.8 Å². The summed E-state index contributed by atoms with van der Waals surface area (Å²) in [6, 6.07) is 11.0. The zero-order chi connectivity index (χ0) is 19.8. The number of aliphatic imine (C=N–C) groups is 1. The molecule has 0 unspecified atom stereocenters. The van der Waals surface area contributed by atoms with Crippen LogP contribution in [-0.4, -0.2) is 28.7 Å². The molecule has 0 fully saturated rings. The predicted molar refractivity (Wildman–Crippen MR) is 104 cm³/mol. The van der Waals surface area contributed by atoms with Crippen LogP contribution in [0.5, 0.6) is 5.75 Å². The van der Waals surface area contributed by atoms with Gasteiger partial charge in [-0.25, -0.2) is 9.79 Å². The van der Waals surface area contributed by atoms with Gasteiger partial charge in [-0.2, -0.15) is 0 Å². The molecular formula is C21H19N3O4. The van der Waals surface area contributed by atoms with Crippen molar-refractivity contribution in [2.45, 2.75) is 20.8 Å². The van der Waals surface area contributed by atoms with E-state index in [9.17, 15) is 4.79 Å². The van der Waals surface area contributed by atoms with E-state index in [1.807, 2.05) is 37.5 Å². The zero-order valence-electron chi connectivity index (χ0n) is 16.0. The van der Waals surface area contributed by atoms with Crippen LogP contribution in [0.2, 0.25) is 0 Å². The van der Waals surface area contributed by atoms with Crippen LogP contribution < -0.4 is 4.74 Å². The lowest BCUT2D eigenvalue weighted by atomic mass is 10.2. The number of carbonyl (C=O) groups excluding carboxylic acids is 1. The number of rotatable bonds is 4. The van der Waals surface area contributed by atoms with Crippen molar-refractivity contribution < 1.29 is 18.8 Å². The molecule has 1 aliphatic rings. The Labute approximate surface area is 161 Å². The molecule has 0 radical (unpaired) electrons. The summed E-state index contributed by atoms with van der Waals surface area (Å²) >= 11 is 0. The highest BCUT2D eigenvalue weighted by atomic mass is 16.6. The highest BCUT2D eigenvalue weighted by molar-refractivity contribution is 6.12. The summed E-state index contributed by atoms with van der Waals surface area (Å²) in [5.74, 6) is 1.96. The van der Waals surface area contributed by atoms with Gasteiger partial charge >= 0.3 is 5.97 Å². The van der Waals surface area contributed by atoms with E-state index in [1.54, 1.807) is 37.5 Å². The minimum atomic E-state index is -0.479. The first kappa shape index (κ1) is 17.8. The fourth-order valence-electron chi connectivity index (χ4n) is 3.16. The first-order valence-electron chi connectivity index (χ1n) is 8.76. The second-order valence-electron chi connectivity index (χ2n) is 6.52. The first-order valence-corrected chi connectivity index (χ1v) is 8.76. The van der Waals surface area contributed by atoms with Crippen molar-refractivity contribution in [3.05, 3.63) is 70.4 Å². The number of nitrogens with zero attached hydrogens (tertiary/aromatic N) is 3. The monoisotopic (exact) mass is 377 g/mol. The molecule has 0 saturated heterocycles. The summed E-state index contributed by atoms with van der Waals surface area (Å²) < 4.78 is 17.6. The van der Waals surface area contributed by atoms with Crippen molar-refractivity contribution in [3.8, 4) is 11.6 Å². The molecule has 0 amide bonds.